The number of hydrogen-bond acceptors (Lipinski definition) is 5. The van der Waals surface area contributed by atoms with Gasteiger partial charge in [-0.15, -0.1) is 0 Å². The van der Waals surface area contributed by atoms with Gasteiger partial charge in [0.25, 0.3) is 0 Å². The maximum Gasteiger partial charge on any atom is 0.249 e. The van der Waals surface area contributed by atoms with E-state index >= 15 is 0 Å². The molecule has 1 amide bonds. The van der Waals surface area contributed by atoms with Crippen LogP contribution < -0.4 is 11.1 Å². The van der Waals surface area contributed by atoms with Gasteiger partial charge in [-0.3, -0.25) is 9.36 Å². The molecule has 1 saturated heterocycles. The highest BCUT2D eigenvalue weighted by Crippen LogP contribution is 2.34. The number of ether oxygens (including phenoxy) is 1. The van der Waals surface area contributed by atoms with Crippen LogP contribution in [0.4, 0.5) is 10.2 Å². The third-order valence-electron chi connectivity index (χ3n) is 5.92. The molecule has 1 fully saturated rings. The highest BCUT2D eigenvalue weighted by atomic mass is 19.1. The van der Waals surface area contributed by atoms with E-state index in [2.05, 4.69) is 10.3 Å². The van der Waals surface area contributed by atoms with E-state index in [1.54, 1.807) is 16.8 Å². The summed E-state index contributed by atoms with van der Waals surface area (Å²) in [5.41, 5.74) is 8.87. The van der Waals surface area contributed by atoms with E-state index in [0.717, 1.165) is 35.7 Å². The molecule has 8 heteroatoms. The normalized spacial score (nSPS) is 15.8. The molecule has 1 aliphatic heterocycles. The molecular weight excluding hydrogens is 421 g/mol. The second-order valence-corrected chi connectivity index (χ2v) is 8.19. The Kier molecular flexibility index (Phi) is 5.51. The zero-order valence-corrected chi connectivity index (χ0v) is 18.2. The lowest BCUT2D eigenvalue weighted by atomic mass is 10.1. The van der Waals surface area contributed by atoms with Gasteiger partial charge < -0.3 is 15.8 Å². The predicted molar refractivity (Wildman–Crippen MR) is 124 cm³/mol. The van der Waals surface area contributed by atoms with E-state index in [-0.39, 0.29) is 11.7 Å². The minimum Gasteiger partial charge on any atom is -0.373 e. The minimum atomic E-state index is -0.684. The zero-order chi connectivity index (χ0) is 22.9. The van der Waals surface area contributed by atoms with Crippen molar-refractivity contribution in [2.24, 2.45) is 5.73 Å². The molecule has 0 bridgehead atoms. The molecule has 4 aromatic rings. The standard InChI is InChI=1S/C25H24FN5O2/c1-15-10-18-19(23(27)32)11-17(26)12-21(18)31(15)25-29-14-20(22-8-5-9-33-22)24(30-25)28-13-16-6-3-2-4-7-16/h2-4,6-7,10-12,14,22H,5,8-9,13H2,1H3,(H2,27,32)(H,28,29,30). The average Bonchev–Trinajstić information content (AvgIpc) is 3.45. The second-order valence-electron chi connectivity index (χ2n) is 8.19. The Morgan fingerprint density at radius 1 is 1.27 bits per heavy atom. The maximum atomic E-state index is 14.3. The van der Waals surface area contributed by atoms with Crippen LogP contribution in [-0.4, -0.2) is 27.0 Å². The minimum absolute atomic E-state index is 0.0706. The van der Waals surface area contributed by atoms with Crippen molar-refractivity contribution in [1.29, 1.82) is 0 Å². The van der Waals surface area contributed by atoms with Crippen molar-refractivity contribution >= 4 is 22.6 Å². The molecule has 0 saturated carbocycles. The van der Waals surface area contributed by atoms with Crippen LogP contribution in [0.1, 0.15) is 46.1 Å². The van der Waals surface area contributed by atoms with Gasteiger partial charge in [0, 0.05) is 36.0 Å². The number of hydrogen-bond donors (Lipinski definition) is 2. The van der Waals surface area contributed by atoms with Crippen molar-refractivity contribution in [3.8, 4) is 5.95 Å². The quantitative estimate of drug-likeness (QED) is 0.458. The van der Waals surface area contributed by atoms with Crippen molar-refractivity contribution in [2.45, 2.75) is 32.4 Å². The number of halogens is 1. The number of aromatic nitrogens is 3. The molecule has 2 aromatic carbocycles. The van der Waals surface area contributed by atoms with Crippen molar-refractivity contribution in [3.05, 3.63) is 82.9 Å². The van der Waals surface area contributed by atoms with Crippen molar-refractivity contribution in [3.63, 3.8) is 0 Å². The smallest absolute Gasteiger partial charge is 0.249 e. The van der Waals surface area contributed by atoms with Crippen LogP contribution in [-0.2, 0) is 11.3 Å². The summed E-state index contributed by atoms with van der Waals surface area (Å²) in [5.74, 6) is -0.185. The first-order chi connectivity index (χ1) is 16.0. The van der Waals surface area contributed by atoms with Crippen LogP contribution in [0, 0.1) is 12.7 Å². The fourth-order valence-electron chi connectivity index (χ4n) is 4.34. The second kappa shape index (κ2) is 8.63. The van der Waals surface area contributed by atoms with E-state index in [0.29, 0.717) is 35.8 Å². The van der Waals surface area contributed by atoms with E-state index in [4.69, 9.17) is 15.5 Å². The number of carbonyl (C=O) groups excluding carboxylic acids is 1. The lowest BCUT2D eigenvalue weighted by molar-refractivity contribution is 0.100. The monoisotopic (exact) mass is 445 g/mol. The summed E-state index contributed by atoms with van der Waals surface area (Å²) in [6, 6.07) is 14.4. The van der Waals surface area contributed by atoms with Gasteiger partial charge in [0.1, 0.15) is 11.6 Å². The molecule has 1 unspecified atom stereocenters. The lowest BCUT2D eigenvalue weighted by Gasteiger charge is -2.17. The summed E-state index contributed by atoms with van der Waals surface area (Å²) in [7, 11) is 0. The number of rotatable bonds is 6. The Morgan fingerprint density at radius 2 is 2.09 bits per heavy atom. The topological polar surface area (TPSA) is 95.1 Å². The van der Waals surface area contributed by atoms with Gasteiger partial charge in [-0.1, -0.05) is 30.3 Å². The molecule has 1 aliphatic rings. The van der Waals surface area contributed by atoms with Crippen LogP contribution in [0.3, 0.4) is 0 Å². The van der Waals surface area contributed by atoms with Gasteiger partial charge in [0.15, 0.2) is 0 Å². The third-order valence-corrected chi connectivity index (χ3v) is 5.92. The Balaban J connectivity index is 1.61. The molecular formula is C25H24FN5O2. The van der Waals surface area contributed by atoms with Gasteiger partial charge in [-0.2, -0.15) is 4.98 Å². The summed E-state index contributed by atoms with van der Waals surface area (Å²) in [6.45, 7) is 3.15. The number of carbonyl (C=O) groups is 1. The first-order valence-electron chi connectivity index (χ1n) is 10.9. The highest BCUT2D eigenvalue weighted by Gasteiger charge is 2.24. The number of anilines is 1. The Bertz CT molecular complexity index is 1330. The molecule has 5 rings (SSSR count). The summed E-state index contributed by atoms with van der Waals surface area (Å²) >= 11 is 0. The Labute approximate surface area is 190 Å². The molecule has 3 heterocycles. The van der Waals surface area contributed by atoms with Crippen LogP contribution in [0.15, 0.2) is 54.7 Å². The molecule has 33 heavy (non-hydrogen) atoms. The summed E-state index contributed by atoms with van der Waals surface area (Å²) < 4.78 is 21.9. The Hall–Kier alpha value is -3.78. The molecule has 3 N–H and O–H groups in total. The maximum absolute atomic E-state index is 14.3. The molecule has 7 nitrogen and oxygen atoms in total. The number of benzene rings is 2. The van der Waals surface area contributed by atoms with Gasteiger partial charge in [0.05, 0.1) is 17.2 Å². The number of amides is 1. The van der Waals surface area contributed by atoms with Crippen LogP contribution in [0.25, 0.3) is 16.9 Å². The number of primary amides is 1. The summed E-state index contributed by atoms with van der Waals surface area (Å²) in [4.78, 5) is 21.3. The molecule has 2 aromatic heterocycles. The van der Waals surface area contributed by atoms with Gasteiger partial charge in [-0.05, 0) is 43.5 Å². The third kappa shape index (κ3) is 4.05. The largest absolute Gasteiger partial charge is 0.373 e. The Morgan fingerprint density at radius 3 is 2.82 bits per heavy atom. The van der Waals surface area contributed by atoms with Gasteiger partial charge in [0.2, 0.25) is 11.9 Å². The molecule has 0 radical (unpaired) electrons. The van der Waals surface area contributed by atoms with Crippen molar-refractivity contribution in [2.75, 3.05) is 11.9 Å². The molecule has 1 atom stereocenters. The van der Waals surface area contributed by atoms with Crippen molar-refractivity contribution < 1.29 is 13.9 Å². The first-order valence-corrected chi connectivity index (χ1v) is 10.9. The van der Waals surface area contributed by atoms with Crippen LogP contribution in [0.5, 0.6) is 0 Å². The molecule has 0 spiro atoms. The van der Waals surface area contributed by atoms with Crippen molar-refractivity contribution in [1.82, 2.24) is 14.5 Å². The zero-order valence-electron chi connectivity index (χ0n) is 18.2. The SMILES string of the molecule is Cc1cc2c(C(N)=O)cc(F)cc2n1-c1ncc(C2CCCO2)c(NCc2ccccc2)n1. The lowest BCUT2D eigenvalue weighted by Crippen LogP contribution is -2.13. The predicted octanol–water partition coefficient (Wildman–Crippen LogP) is 4.43. The van der Waals surface area contributed by atoms with E-state index in [9.17, 15) is 9.18 Å². The average molecular weight is 445 g/mol. The van der Waals surface area contributed by atoms with E-state index in [1.165, 1.54) is 6.07 Å². The summed E-state index contributed by atoms with van der Waals surface area (Å²) in [6.07, 6.45) is 3.59. The van der Waals surface area contributed by atoms with Gasteiger partial charge in [-0.25, -0.2) is 9.37 Å². The molecule has 168 valence electrons. The van der Waals surface area contributed by atoms with Crippen LogP contribution in [0.2, 0.25) is 0 Å². The number of fused-ring (bicyclic) bond motifs is 1. The number of nitrogens with one attached hydrogen (secondary N) is 1. The fraction of sp³-hybridized carbons (Fsp3) is 0.240. The van der Waals surface area contributed by atoms with Gasteiger partial charge >= 0.3 is 0 Å². The van der Waals surface area contributed by atoms with Crippen LogP contribution >= 0.6 is 0 Å². The summed E-state index contributed by atoms with van der Waals surface area (Å²) in [5, 5.41) is 3.99. The van der Waals surface area contributed by atoms with E-state index in [1.807, 2.05) is 37.3 Å². The number of aryl methyl sites for hydroxylation is 1. The number of nitrogens with two attached hydrogens (primary N) is 1. The fourth-order valence-corrected chi connectivity index (χ4v) is 4.34. The highest BCUT2D eigenvalue weighted by molar-refractivity contribution is 6.06. The molecule has 0 aliphatic carbocycles. The number of nitrogens with zero attached hydrogens (tertiary/aromatic N) is 3. The first kappa shape index (κ1) is 21.1. The van der Waals surface area contributed by atoms with E-state index < -0.39 is 11.7 Å².